The van der Waals surface area contributed by atoms with Gasteiger partial charge >= 0.3 is 0 Å². The highest BCUT2D eigenvalue weighted by Crippen LogP contribution is 2.31. The molecule has 5 nitrogen and oxygen atoms in total. The summed E-state index contributed by atoms with van der Waals surface area (Å²) in [5, 5.41) is 0. The number of aryl methyl sites for hydroxylation is 1. The number of rotatable bonds is 9. The van der Waals surface area contributed by atoms with Crippen molar-refractivity contribution in [1.82, 2.24) is 14.4 Å². The summed E-state index contributed by atoms with van der Waals surface area (Å²) in [6.45, 7) is 5.75. The Morgan fingerprint density at radius 1 is 1.15 bits per heavy atom. The maximum atomic E-state index is 12.9. The van der Waals surface area contributed by atoms with E-state index in [9.17, 15) is 4.79 Å². The smallest absolute Gasteiger partial charge is 0.224 e. The second-order valence-corrected chi connectivity index (χ2v) is 7.86. The minimum atomic E-state index is 0.294. The van der Waals surface area contributed by atoms with Crippen LogP contribution >= 0.6 is 0 Å². The minimum absolute atomic E-state index is 0.294. The van der Waals surface area contributed by atoms with Gasteiger partial charge in [-0.05, 0) is 63.2 Å². The second-order valence-electron chi connectivity index (χ2n) is 7.86. The van der Waals surface area contributed by atoms with E-state index in [-0.39, 0.29) is 0 Å². The molecule has 0 bridgehead atoms. The van der Waals surface area contributed by atoms with E-state index in [0.717, 1.165) is 32.7 Å². The third-order valence-electron chi connectivity index (χ3n) is 6.06. The van der Waals surface area contributed by atoms with Crippen molar-refractivity contribution in [2.75, 3.05) is 39.9 Å². The lowest BCUT2D eigenvalue weighted by atomic mass is 9.83. The van der Waals surface area contributed by atoms with Gasteiger partial charge < -0.3 is 19.1 Å². The molecule has 2 unspecified atom stereocenters. The average Bonchev–Trinajstić information content (AvgIpc) is 3.19. The van der Waals surface area contributed by atoms with Crippen LogP contribution in [0.25, 0.3) is 0 Å². The van der Waals surface area contributed by atoms with E-state index in [4.69, 9.17) is 4.74 Å². The lowest BCUT2D eigenvalue weighted by molar-refractivity contribution is -0.133. The lowest BCUT2D eigenvalue weighted by Gasteiger charge is -2.45. The number of aromatic nitrogens is 1. The second kappa shape index (κ2) is 10.1. The maximum Gasteiger partial charge on any atom is 0.224 e. The quantitative estimate of drug-likeness (QED) is 0.635. The van der Waals surface area contributed by atoms with Crippen LogP contribution in [0.3, 0.4) is 0 Å². The molecular formula is C21H35N3O2. The highest BCUT2D eigenvalue weighted by atomic mass is 16.5. The van der Waals surface area contributed by atoms with Crippen LogP contribution in [0.5, 0.6) is 0 Å². The molecule has 5 heteroatoms. The first-order chi connectivity index (χ1) is 12.8. The molecule has 26 heavy (non-hydrogen) atoms. The zero-order chi connectivity index (χ0) is 18.2. The highest BCUT2D eigenvalue weighted by molar-refractivity contribution is 5.76. The summed E-state index contributed by atoms with van der Waals surface area (Å²) in [5.41, 5.74) is 0. The predicted molar refractivity (Wildman–Crippen MR) is 104 cm³/mol. The molecule has 2 saturated heterocycles. The Bertz CT molecular complexity index is 529. The number of methoxy groups -OCH3 is 1. The zero-order valence-corrected chi connectivity index (χ0v) is 16.3. The minimum Gasteiger partial charge on any atom is -0.385 e. The fourth-order valence-electron chi connectivity index (χ4n) is 4.69. The van der Waals surface area contributed by atoms with E-state index in [1.165, 1.54) is 45.2 Å². The van der Waals surface area contributed by atoms with Crippen LogP contribution in [0, 0.1) is 5.92 Å². The third-order valence-corrected chi connectivity index (χ3v) is 6.06. The molecule has 0 radical (unpaired) electrons. The molecule has 2 aliphatic rings. The number of carbonyl (C=O) groups excluding carboxylic acids is 1. The zero-order valence-electron chi connectivity index (χ0n) is 16.3. The SMILES string of the molecule is COCCCN(CC1CCCN2CCCCC12)C(=O)CCn1cccc1. The van der Waals surface area contributed by atoms with Crippen LogP contribution in [0.1, 0.15) is 44.9 Å². The summed E-state index contributed by atoms with van der Waals surface area (Å²) in [7, 11) is 1.74. The first kappa shape index (κ1) is 19.4. The standard InChI is InChI=1S/C21H35N3O2/c1-26-17-7-15-24(21(25)10-16-22-11-4-5-12-22)18-19-8-6-14-23-13-3-2-9-20(19)23/h4-5,11-12,19-20H,2-3,6-10,13-18H2,1H3. The molecule has 0 N–H and O–H groups in total. The van der Waals surface area contributed by atoms with Gasteiger partial charge in [-0.2, -0.15) is 0 Å². The molecule has 1 amide bonds. The Labute approximate surface area is 158 Å². The molecule has 1 aromatic heterocycles. The van der Waals surface area contributed by atoms with Crippen molar-refractivity contribution in [2.24, 2.45) is 5.92 Å². The summed E-state index contributed by atoms with van der Waals surface area (Å²) in [6, 6.07) is 4.72. The van der Waals surface area contributed by atoms with E-state index in [0.29, 0.717) is 24.3 Å². The molecule has 2 atom stereocenters. The summed E-state index contributed by atoms with van der Waals surface area (Å²) >= 11 is 0. The van der Waals surface area contributed by atoms with E-state index >= 15 is 0 Å². The van der Waals surface area contributed by atoms with Gasteiger partial charge in [0.05, 0.1) is 0 Å². The normalized spacial score (nSPS) is 23.6. The van der Waals surface area contributed by atoms with Crippen LogP contribution in [-0.4, -0.2) is 66.2 Å². The van der Waals surface area contributed by atoms with Gasteiger partial charge in [-0.25, -0.2) is 0 Å². The van der Waals surface area contributed by atoms with Gasteiger partial charge in [0.2, 0.25) is 5.91 Å². The van der Waals surface area contributed by atoms with Gasteiger partial charge in [0.1, 0.15) is 0 Å². The monoisotopic (exact) mass is 361 g/mol. The largest absolute Gasteiger partial charge is 0.385 e. The van der Waals surface area contributed by atoms with Gasteiger partial charge in [0, 0.05) is 58.2 Å². The maximum absolute atomic E-state index is 12.9. The van der Waals surface area contributed by atoms with Crippen LogP contribution in [0.4, 0.5) is 0 Å². The summed E-state index contributed by atoms with van der Waals surface area (Å²) < 4.78 is 7.31. The van der Waals surface area contributed by atoms with Crippen molar-refractivity contribution >= 4 is 5.91 Å². The third kappa shape index (κ3) is 5.34. The Kier molecular flexibility index (Phi) is 7.56. The molecule has 2 aliphatic heterocycles. The molecule has 1 aromatic rings. The van der Waals surface area contributed by atoms with Gasteiger partial charge in [0.15, 0.2) is 0 Å². The lowest BCUT2D eigenvalue weighted by Crippen LogP contribution is -2.51. The summed E-state index contributed by atoms with van der Waals surface area (Å²) in [4.78, 5) is 17.7. The molecule has 0 aliphatic carbocycles. The number of ether oxygens (including phenoxy) is 1. The first-order valence-corrected chi connectivity index (χ1v) is 10.4. The molecule has 0 aromatic carbocycles. The summed E-state index contributed by atoms with van der Waals surface area (Å²) in [5.74, 6) is 0.935. The first-order valence-electron chi connectivity index (χ1n) is 10.4. The average molecular weight is 362 g/mol. The molecule has 2 fully saturated rings. The number of hydrogen-bond acceptors (Lipinski definition) is 3. The van der Waals surface area contributed by atoms with Crippen molar-refractivity contribution in [3.63, 3.8) is 0 Å². The van der Waals surface area contributed by atoms with E-state index in [2.05, 4.69) is 14.4 Å². The van der Waals surface area contributed by atoms with Crippen molar-refractivity contribution < 1.29 is 9.53 Å². The van der Waals surface area contributed by atoms with Crippen LogP contribution < -0.4 is 0 Å². The number of hydrogen-bond donors (Lipinski definition) is 0. The van der Waals surface area contributed by atoms with Crippen LogP contribution in [0.15, 0.2) is 24.5 Å². The molecule has 3 heterocycles. The molecule has 0 spiro atoms. The van der Waals surface area contributed by atoms with Gasteiger partial charge in [-0.1, -0.05) is 6.42 Å². The number of fused-ring (bicyclic) bond motifs is 1. The highest BCUT2D eigenvalue weighted by Gasteiger charge is 2.34. The van der Waals surface area contributed by atoms with Crippen molar-refractivity contribution in [3.05, 3.63) is 24.5 Å². The van der Waals surface area contributed by atoms with Crippen LogP contribution in [0.2, 0.25) is 0 Å². The molecule has 146 valence electrons. The Morgan fingerprint density at radius 3 is 2.77 bits per heavy atom. The summed E-state index contributed by atoms with van der Waals surface area (Å²) in [6.07, 6.45) is 12.1. The van der Waals surface area contributed by atoms with Crippen molar-refractivity contribution in [3.8, 4) is 0 Å². The van der Waals surface area contributed by atoms with Gasteiger partial charge in [-0.3, -0.25) is 4.79 Å². The molecular weight excluding hydrogens is 326 g/mol. The Hall–Kier alpha value is -1.33. The van der Waals surface area contributed by atoms with E-state index in [1.54, 1.807) is 7.11 Å². The van der Waals surface area contributed by atoms with Crippen LogP contribution in [-0.2, 0) is 16.1 Å². The van der Waals surface area contributed by atoms with Gasteiger partial charge in [0.25, 0.3) is 0 Å². The number of carbonyl (C=O) groups is 1. The Morgan fingerprint density at radius 2 is 1.96 bits per heavy atom. The van der Waals surface area contributed by atoms with E-state index < -0.39 is 0 Å². The van der Waals surface area contributed by atoms with Crippen molar-refractivity contribution in [2.45, 2.75) is 57.5 Å². The predicted octanol–water partition coefficient (Wildman–Crippen LogP) is 3.01. The fraction of sp³-hybridized carbons (Fsp3) is 0.762. The van der Waals surface area contributed by atoms with E-state index in [1.807, 2.05) is 24.5 Å². The molecule has 3 rings (SSSR count). The topological polar surface area (TPSA) is 37.7 Å². The molecule has 0 saturated carbocycles. The number of piperidine rings is 2. The van der Waals surface area contributed by atoms with Gasteiger partial charge in [-0.15, -0.1) is 0 Å². The number of nitrogens with zero attached hydrogens (tertiary/aromatic N) is 3. The Balaban J connectivity index is 1.57. The van der Waals surface area contributed by atoms with Crippen molar-refractivity contribution in [1.29, 1.82) is 0 Å². The fourth-order valence-corrected chi connectivity index (χ4v) is 4.69. The number of amides is 1.